The van der Waals surface area contributed by atoms with Gasteiger partial charge in [-0.3, -0.25) is 0 Å². The average molecular weight is 247 g/mol. The largest absolute Gasteiger partial charge is 0.503 e. The number of hydrogen-bond acceptors (Lipinski definition) is 5. The standard InChI is InChI=1S/C10H21NO4Si/c1-5-8-16(13-6-2,14-7-3)15-10(4)12-9-11/h10H,5-8H2,1-4H3. The van der Waals surface area contributed by atoms with E-state index >= 15 is 0 Å². The summed E-state index contributed by atoms with van der Waals surface area (Å²) in [7, 11) is -2.67. The zero-order valence-corrected chi connectivity index (χ0v) is 11.5. The molecular formula is C10H21NO4Si. The van der Waals surface area contributed by atoms with E-state index in [1.807, 2.05) is 20.8 Å². The Hall–Kier alpha value is -0.613. The van der Waals surface area contributed by atoms with Crippen molar-refractivity contribution in [3.05, 3.63) is 0 Å². The highest BCUT2D eigenvalue weighted by atomic mass is 28.4. The second-order valence-corrected chi connectivity index (χ2v) is 5.87. The van der Waals surface area contributed by atoms with Crippen LogP contribution >= 0.6 is 0 Å². The van der Waals surface area contributed by atoms with Crippen molar-refractivity contribution in [1.29, 1.82) is 5.26 Å². The Kier molecular flexibility index (Phi) is 8.20. The smallest absolute Gasteiger partial charge is 0.397 e. The van der Waals surface area contributed by atoms with Crippen molar-refractivity contribution in [3.8, 4) is 6.26 Å². The van der Waals surface area contributed by atoms with E-state index in [1.54, 1.807) is 13.2 Å². The van der Waals surface area contributed by atoms with Crippen molar-refractivity contribution in [2.45, 2.75) is 46.4 Å². The molecule has 0 aliphatic heterocycles. The summed E-state index contributed by atoms with van der Waals surface area (Å²) in [6.07, 6.45) is 1.89. The fourth-order valence-corrected chi connectivity index (χ4v) is 4.08. The van der Waals surface area contributed by atoms with Crippen molar-refractivity contribution in [2.24, 2.45) is 0 Å². The van der Waals surface area contributed by atoms with Crippen LogP contribution in [-0.2, 0) is 18.0 Å². The zero-order chi connectivity index (χ0) is 12.4. The molecule has 0 heterocycles. The molecular weight excluding hydrogens is 226 g/mol. The van der Waals surface area contributed by atoms with Crippen LogP contribution in [0.1, 0.15) is 34.1 Å². The molecule has 1 atom stereocenters. The molecule has 0 aromatic heterocycles. The molecule has 0 fully saturated rings. The van der Waals surface area contributed by atoms with Crippen LogP contribution in [-0.4, -0.2) is 28.3 Å². The minimum Gasteiger partial charge on any atom is -0.397 e. The van der Waals surface area contributed by atoms with Gasteiger partial charge in [0.05, 0.1) is 0 Å². The normalized spacial score (nSPS) is 13.2. The lowest BCUT2D eigenvalue weighted by Crippen LogP contribution is -2.48. The predicted octanol–water partition coefficient (Wildman–Crippen LogP) is 2.27. The minimum atomic E-state index is -2.67. The number of rotatable bonds is 9. The van der Waals surface area contributed by atoms with Gasteiger partial charge in [-0.2, -0.15) is 5.26 Å². The predicted molar refractivity (Wildman–Crippen MR) is 61.3 cm³/mol. The zero-order valence-electron chi connectivity index (χ0n) is 10.5. The Labute approximate surface area is 98.6 Å². The van der Waals surface area contributed by atoms with Gasteiger partial charge < -0.3 is 18.0 Å². The van der Waals surface area contributed by atoms with Crippen molar-refractivity contribution >= 4 is 8.80 Å². The number of ether oxygens (including phenoxy) is 1. The quantitative estimate of drug-likeness (QED) is 0.355. The number of hydrogen-bond donors (Lipinski definition) is 0. The summed E-state index contributed by atoms with van der Waals surface area (Å²) in [6.45, 7) is 8.57. The SMILES string of the molecule is CCC[Si](OCC)(OCC)OC(C)OC#N. The molecule has 1 unspecified atom stereocenters. The summed E-state index contributed by atoms with van der Waals surface area (Å²) in [5.41, 5.74) is 0. The Morgan fingerprint density at radius 3 is 2.12 bits per heavy atom. The van der Waals surface area contributed by atoms with Crippen molar-refractivity contribution in [1.82, 2.24) is 0 Å². The van der Waals surface area contributed by atoms with E-state index in [0.29, 0.717) is 13.2 Å². The Bertz CT molecular complexity index is 202. The van der Waals surface area contributed by atoms with E-state index in [-0.39, 0.29) is 0 Å². The van der Waals surface area contributed by atoms with E-state index in [9.17, 15) is 0 Å². The highest BCUT2D eigenvalue weighted by Crippen LogP contribution is 2.20. The van der Waals surface area contributed by atoms with Gasteiger partial charge in [-0.25, -0.2) is 0 Å². The highest BCUT2D eigenvalue weighted by molar-refractivity contribution is 6.60. The van der Waals surface area contributed by atoms with Crippen molar-refractivity contribution in [2.75, 3.05) is 13.2 Å². The van der Waals surface area contributed by atoms with Crippen LogP contribution < -0.4 is 0 Å². The van der Waals surface area contributed by atoms with Crippen LogP contribution in [0.3, 0.4) is 0 Å². The maximum atomic E-state index is 8.40. The monoisotopic (exact) mass is 247 g/mol. The third kappa shape index (κ3) is 5.46. The van der Waals surface area contributed by atoms with Gasteiger partial charge in [-0.05, 0) is 20.8 Å². The van der Waals surface area contributed by atoms with E-state index in [2.05, 4.69) is 0 Å². The van der Waals surface area contributed by atoms with E-state index < -0.39 is 15.1 Å². The first-order valence-electron chi connectivity index (χ1n) is 5.64. The molecule has 0 saturated heterocycles. The van der Waals surface area contributed by atoms with Gasteiger partial charge in [0, 0.05) is 19.3 Å². The van der Waals surface area contributed by atoms with Gasteiger partial charge >= 0.3 is 8.80 Å². The summed E-state index contributed by atoms with van der Waals surface area (Å²) < 4.78 is 21.6. The maximum absolute atomic E-state index is 8.40. The minimum absolute atomic E-state index is 0.533. The first-order chi connectivity index (χ1) is 7.64. The number of nitriles is 1. The van der Waals surface area contributed by atoms with Gasteiger partial charge in [-0.1, -0.05) is 13.3 Å². The van der Waals surface area contributed by atoms with Gasteiger partial charge in [0.2, 0.25) is 6.29 Å². The molecule has 0 aliphatic carbocycles. The molecule has 0 saturated carbocycles. The molecule has 0 aromatic carbocycles. The highest BCUT2D eigenvalue weighted by Gasteiger charge is 2.41. The molecule has 0 spiro atoms. The molecule has 0 N–H and O–H groups in total. The van der Waals surface area contributed by atoms with Gasteiger partial charge in [0.15, 0.2) is 0 Å². The fourth-order valence-electron chi connectivity index (χ4n) is 1.41. The summed E-state index contributed by atoms with van der Waals surface area (Å²) in [5.74, 6) is 0. The van der Waals surface area contributed by atoms with Crippen molar-refractivity contribution < 1.29 is 18.0 Å². The van der Waals surface area contributed by atoms with Crippen LogP contribution in [0, 0.1) is 11.5 Å². The van der Waals surface area contributed by atoms with E-state index in [4.69, 9.17) is 23.3 Å². The fraction of sp³-hybridized carbons (Fsp3) is 0.900. The summed E-state index contributed by atoms with van der Waals surface area (Å²) >= 11 is 0. The van der Waals surface area contributed by atoms with Gasteiger partial charge in [0.25, 0.3) is 6.26 Å². The molecule has 0 radical (unpaired) electrons. The molecule has 0 amide bonds. The van der Waals surface area contributed by atoms with E-state index in [0.717, 1.165) is 12.5 Å². The van der Waals surface area contributed by atoms with Gasteiger partial charge in [-0.15, -0.1) is 0 Å². The van der Waals surface area contributed by atoms with Crippen LogP contribution in [0.25, 0.3) is 0 Å². The maximum Gasteiger partial charge on any atom is 0.503 e. The molecule has 0 aliphatic rings. The molecule has 0 bridgehead atoms. The topological polar surface area (TPSA) is 60.7 Å². The first kappa shape index (κ1) is 15.4. The molecule has 16 heavy (non-hydrogen) atoms. The van der Waals surface area contributed by atoms with Crippen LogP contribution in [0.4, 0.5) is 0 Å². The summed E-state index contributed by atoms with van der Waals surface area (Å²) in [5, 5.41) is 8.40. The van der Waals surface area contributed by atoms with E-state index in [1.165, 1.54) is 0 Å². The molecule has 0 aromatic rings. The summed E-state index contributed by atoms with van der Waals surface area (Å²) in [6, 6.07) is 0.730. The Morgan fingerprint density at radius 2 is 1.75 bits per heavy atom. The van der Waals surface area contributed by atoms with Crippen LogP contribution in [0.5, 0.6) is 0 Å². The molecule has 6 heteroatoms. The second kappa shape index (κ2) is 8.53. The first-order valence-corrected chi connectivity index (χ1v) is 7.57. The number of nitrogens with zero attached hydrogens (tertiary/aromatic N) is 1. The summed E-state index contributed by atoms with van der Waals surface area (Å²) in [4.78, 5) is 0. The molecule has 5 nitrogen and oxygen atoms in total. The third-order valence-electron chi connectivity index (χ3n) is 1.85. The molecule has 0 rings (SSSR count). The lowest BCUT2D eigenvalue weighted by atomic mass is 10.6. The lowest BCUT2D eigenvalue weighted by molar-refractivity contribution is -0.0655. The van der Waals surface area contributed by atoms with Crippen molar-refractivity contribution in [3.63, 3.8) is 0 Å². The van der Waals surface area contributed by atoms with Gasteiger partial charge in [0.1, 0.15) is 0 Å². The Morgan fingerprint density at radius 1 is 1.19 bits per heavy atom. The second-order valence-electron chi connectivity index (χ2n) is 3.19. The average Bonchev–Trinajstić information content (AvgIpc) is 2.18. The molecule has 94 valence electrons. The van der Waals surface area contributed by atoms with Crippen LogP contribution in [0.15, 0.2) is 0 Å². The Balaban J connectivity index is 4.52. The third-order valence-corrected chi connectivity index (χ3v) is 5.11. The lowest BCUT2D eigenvalue weighted by Gasteiger charge is -2.30. The van der Waals surface area contributed by atoms with Crippen LogP contribution in [0.2, 0.25) is 6.04 Å².